The summed E-state index contributed by atoms with van der Waals surface area (Å²) in [7, 11) is 0. The van der Waals surface area contributed by atoms with Gasteiger partial charge in [-0.2, -0.15) is 0 Å². The molecule has 1 aromatic carbocycles. The molecule has 0 aromatic heterocycles. The molecular formula is C15H18Br3NO. The Kier molecular flexibility index (Phi) is 4.80. The van der Waals surface area contributed by atoms with Crippen molar-refractivity contribution in [1.82, 2.24) is 0 Å². The van der Waals surface area contributed by atoms with E-state index in [-0.39, 0.29) is 5.60 Å². The van der Waals surface area contributed by atoms with Crippen molar-refractivity contribution in [1.29, 1.82) is 0 Å². The van der Waals surface area contributed by atoms with Crippen LogP contribution in [0.4, 0.5) is 5.69 Å². The van der Waals surface area contributed by atoms with Gasteiger partial charge in [-0.05, 0) is 69.7 Å². The molecule has 0 bridgehead atoms. The van der Waals surface area contributed by atoms with Crippen LogP contribution in [-0.4, -0.2) is 18.2 Å². The molecule has 1 unspecified atom stereocenters. The molecule has 1 saturated carbocycles. The molecule has 110 valence electrons. The van der Waals surface area contributed by atoms with Gasteiger partial charge in [0.15, 0.2) is 0 Å². The fourth-order valence-electron chi connectivity index (χ4n) is 3.35. The smallest absolute Gasteiger partial charge is 0.0756 e. The van der Waals surface area contributed by atoms with E-state index in [0.717, 1.165) is 25.7 Å². The SMILES string of the molecule is Brc1cc(Br)c(NCC2CCC3(CCCC3)O2)c(Br)c1. The summed E-state index contributed by atoms with van der Waals surface area (Å²) in [6, 6.07) is 4.11. The molecule has 1 aliphatic carbocycles. The maximum absolute atomic E-state index is 6.33. The zero-order valence-electron chi connectivity index (χ0n) is 11.2. The Morgan fingerprint density at radius 1 is 1.10 bits per heavy atom. The second-order valence-electron chi connectivity index (χ2n) is 5.79. The van der Waals surface area contributed by atoms with Crippen LogP contribution in [0, 0.1) is 0 Å². The highest BCUT2D eigenvalue weighted by Crippen LogP contribution is 2.43. The molecule has 1 saturated heterocycles. The summed E-state index contributed by atoms with van der Waals surface area (Å²) in [6.07, 6.45) is 7.95. The molecule has 1 atom stereocenters. The van der Waals surface area contributed by atoms with Crippen molar-refractivity contribution in [2.45, 2.75) is 50.2 Å². The summed E-state index contributed by atoms with van der Waals surface area (Å²) in [5, 5.41) is 3.52. The Hall–Kier alpha value is 0.420. The van der Waals surface area contributed by atoms with E-state index in [2.05, 4.69) is 65.2 Å². The number of benzene rings is 1. The Labute approximate surface area is 145 Å². The highest BCUT2D eigenvalue weighted by Gasteiger charge is 2.41. The Balaban J connectivity index is 1.61. The molecule has 1 heterocycles. The number of nitrogens with one attached hydrogen (secondary N) is 1. The molecule has 1 aromatic rings. The van der Waals surface area contributed by atoms with Gasteiger partial charge in [-0.25, -0.2) is 0 Å². The quantitative estimate of drug-likeness (QED) is 0.599. The van der Waals surface area contributed by atoms with Crippen molar-refractivity contribution in [2.24, 2.45) is 0 Å². The van der Waals surface area contributed by atoms with Crippen LogP contribution in [0.5, 0.6) is 0 Å². The van der Waals surface area contributed by atoms with Crippen molar-refractivity contribution < 1.29 is 4.74 Å². The molecule has 2 nitrogen and oxygen atoms in total. The number of ether oxygens (including phenoxy) is 1. The van der Waals surface area contributed by atoms with Crippen molar-refractivity contribution >= 4 is 53.5 Å². The molecule has 2 fully saturated rings. The predicted octanol–water partition coefficient (Wildman–Crippen LogP) is 5.88. The van der Waals surface area contributed by atoms with Crippen LogP contribution in [0.1, 0.15) is 38.5 Å². The monoisotopic (exact) mass is 465 g/mol. The fourth-order valence-corrected chi connectivity index (χ4v) is 5.89. The fraction of sp³-hybridized carbons (Fsp3) is 0.600. The highest BCUT2D eigenvalue weighted by molar-refractivity contribution is 9.11. The Bertz CT molecular complexity index is 477. The van der Waals surface area contributed by atoms with Crippen LogP contribution >= 0.6 is 47.8 Å². The predicted molar refractivity (Wildman–Crippen MR) is 93.3 cm³/mol. The second kappa shape index (κ2) is 6.27. The van der Waals surface area contributed by atoms with Crippen molar-refractivity contribution in [3.63, 3.8) is 0 Å². The number of rotatable bonds is 3. The molecule has 1 N–H and O–H groups in total. The van der Waals surface area contributed by atoms with Gasteiger partial charge in [-0.15, -0.1) is 0 Å². The summed E-state index contributed by atoms with van der Waals surface area (Å²) in [6.45, 7) is 0.876. The number of hydrogen-bond donors (Lipinski definition) is 1. The lowest BCUT2D eigenvalue weighted by Gasteiger charge is -2.24. The minimum absolute atomic E-state index is 0.223. The van der Waals surface area contributed by atoms with Gasteiger partial charge >= 0.3 is 0 Å². The van der Waals surface area contributed by atoms with Crippen molar-refractivity contribution in [3.05, 3.63) is 25.6 Å². The lowest BCUT2D eigenvalue weighted by Crippen LogP contribution is -2.28. The molecule has 0 amide bonds. The standard InChI is InChI=1S/C15H18Br3NO/c16-10-7-12(17)14(13(18)8-10)19-9-11-3-6-15(20-11)4-1-2-5-15/h7-8,11,19H,1-6,9H2. The zero-order valence-corrected chi connectivity index (χ0v) is 16.0. The molecule has 1 aliphatic heterocycles. The zero-order chi connectivity index (χ0) is 14.2. The molecule has 1 spiro atoms. The summed E-state index contributed by atoms with van der Waals surface area (Å²) in [5.41, 5.74) is 1.32. The van der Waals surface area contributed by atoms with Crippen molar-refractivity contribution in [2.75, 3.05) is 11.9 Å². The van der Waals surface area contributed by atoms with Crippen LogP contribution in [0.25, 0.3) is 0 Å². The maximum atomic E-state index is 6.33. The van der Waals surface area contributed by atoms with E-state index >= 15 is 0 Å². The van der Waals surface area contributed by atoms with Crippen LogP contribution in [0.2, 0.25) is 0 Å². The number of anilines is 1. The Morgan fingerprint density at radius 2 is 1.75 bits per heavy atom. The van der Waals surface area contributed by atoms with Gasteiger partial charge in [0.25, 0.3) is 0 Å². The molecule has 3 rings (SSSR count). The third-order valence-electron chi connectivity index (χ3n) is 4.37. The highest BCUT2D eigenvalue weighted by atomic mass is 79.9. The molecule has 0 radical (unpaired) electrons. The maximum Gasteiger partial charge on any atom is 0.0756 e. The van der Waals surface area contributed by atoms with Crippen LogP contribution in [-0.2, 0) is 4.74 Å². The Morgan fingerprint density at radius 3 is 2.40 bits per heavy atom. The van der Waals surface area contributed by atoms with E-state index in [4.69, 9.17) is 4.74 Å². The van der Waals surface area contributed by atoms with Crippen molar-refractivity contribution in [3.8, 4) is 0 Å². The first kappa shape index (κ1) is 15.3. The van der Waals surface area contributed by atoms with E-state index in [1.165, 1.54) is 38.5 Å². The summed E-state index contributed by atoms with van der Waals surface area (Å²) < 4.78 is 9.52. The van der Waals surface area contributed by atoms with Crippen LogP contribution in [0.15, 0.2) is 25.6 Å². The van der Waals surface area contributed by atoms with Crippen LogP contribution < -0.4 is 5.32 Å². The number of halogens is 3. The van der Waals surface area contributed by atoms with E-state index in [1.807, 2.05) is 0 Å². The van der Waals surface area contributed by atoms with Gasteiger partial charge in [-0.3, -0.25) is 0 Å². The molecule has 20 heavy (non-hydrogen) atoms. The van der Waals surface area contributed by atoms with Crippen LogP contribution in [0.3, 0.4) is 0 Å². The third-order valence-corrected chi connectivity index (χ3v) is 6.08. The van der Waals surface area contributed by atoms with Gasteiger partial charge in [0.1, 0.15) is 0 Å². The minimum Gasteiger partial charge on any atom is -0.381 e. The van der Waals surface area contributed by atoms with Gasteiger partial charge in [0.05, 0.1) is 17.4 Å². The second-order valence-corrected chi connectivity index (χ2v) is 8.42. The first-order valence-corrected chi connectivity index (χ1v) is 9.52. The average Bonchev–Trinajstić information content (AvgIpc) is 2.99. The van der Waals surface area contributed by atoms with Gasteiger partial charge < -0.3 is 10.1 Å². The summed E-state index contributed by atoms with van der Waals surface area (Å²) in [5.74, 6) is 0. The average molecular weight is 468 g/mol. The van der Waals surface area contributed by atoms with E-state index in [0.29, 0.717) is 6.10 Å². The summed E-state index contributed by atoms with van der Waals surface area (Å²) >= 11 is 10.7. The molecular weight excluding hydrogens is 450 g/mol. The number of hydrogen-bond acceptors (Lipinski definition) is 2. The molecule has 2 aliphatic rings. The lowest BCUT2D eigenvalue weighted by atomic mass is 9.98. The third kappa shape index (κ3) is 3.26. The minimum atomic E-state index is 0.223. The normalized spacial score (nSPS) is 24.4. The first-order valence-electron chi connectivity index (χ1n) is 7.14. The summed E-state index contributed by atoms with van der Waals surface area (Å²) in [4.78, 5) is 0. The first-order chi connectivity index (χ1) is 9.58. The van der Waals surface area contributed by atoms with Gasteiger partial charge in [0.2, 0.25) is 0 Å². The van der Waals surface area contributed by atoms with Gasteiger partial charge in [-0.1, -0.05) is 28.8 Å². The van der Waals surface area contributed by atoms with E-state index in [1.54, 1.807) is 0 Å². The van der Waals surface area contributed by atoms with Gasteiger partial charge in [0, 0.05) is 20.0 Å². The topological polar surface area (TPSA) is 21.3 Å². The largest absolute Gasteiger partial charge is 0.381 e. The lowest BCUT2D eigenvalue weighted by molar-refractivity contribution is -0.0307. The molecule has 5 heteroatoms. The van der Waals surface area contributed by atoms with E-state index < -0.39 is 0 Å². The van der Waals surface area contributed by atoms with E-state index in [9.17, 15) is 0 Å².